The molecule has 2 heteroatoms. The Balaban J connectivity index is 1.69. The fourth-order valence-electron chi connectivity index (χ4n) is 2.64. The maximum absolute atomic E-state index is 3.70. The number of piperidine rings is 1. The third kappa shape index (κ3) is 2.95. The molecule has 0 aromatic rings. The first-order chi connectivity index (χ1) is 6.34. The Labute approximate surface area is 90.0 Å². The Kier molecular flexibility index (Phi) is 3.67. The molecule has 1 nitrogen and oxygen atoms in total. The van der Waals surface area contributed by atoms with Crippen LogP contribution in [-0.2, 0) is 0 Å². The number of hydrogen-bond acceptors (Lipinski definition) is 1. The molecule has 0 unspecified atom stereocenters. The lowest BCUT2D eigenvalue weighted by Crippen LogP contribution is -2.36. The molecule has 0 atom stereocenters. The van der Waals surface area contributed by atoms with Crippen LogP contribution < -0.4 is 0 Å². The summed E-state index contributed by atoms with van der Waals surface area (Å²) < 4.78 is 0. The summed E-state index contributed by atoms with van der Waals surface area (Å²) in [4.78, 5) is 3.47. The predicted molar refractivity (Wildman–Crippen MR) is 60.3 cm³/mol. The maximum atomic E-state index is 3.70. The summed E-state index contributed by atoms with van der Waals surface area (Å²) in [5, 5.41) is 0. The van der Waals surface area contributed by atoms with Crippen LogP contribution in [0.15, 0.2) is 0 Å². The molecule has 1 heterocycles. The summed E-state index contributed by atoms with van der Waals surface area (Å²) in [5.41, 5.74) is 0. The van der Waals surface area contributed by atoms with Crippen molar-refractivity contribution in [3.63, 3.8) is 0 Å². The van der Waals surface area contributed by atoms with Crippen LogP contribution in [0.2, 0.25) is 0 Å². The van der Waals surface area contributed by atoms with Gasteiger partial charge in [0.25, 0.3) is 0 Å². The second-order valence-electron chi connectivity index (χ2n) is 4.63. The molecule has 2 aliphatic rings. The Bertz CT molecular complexity index is 146. The largest absolute Gasteiger partial charge is 0.303 e. The van der Waals surface area contributed by atoms with E-state index in [0.29, 0.717) is 0 Å². The van der Waals surface area contributed by atoms with E-state index in [4.69, 9.17) is 0 Å². The molecule has 2 rings (SSSR count). The normalized spacial score (nSPS) is 28.4. The molecular formula is C11H20BrN. The molecule has 0 aromatic carbocycles. The topological polar surface area (TPSA) is 3.24 Å². The van der Waals surface area contributed by atoms with E-state index >= 15 is 0 Å². The summed E-state index contributed by atoms with van der Waals surface area (Å²) in [6.07, 6.45) is 8.67. The summed E-state index contributed by atoms with van der Waals surface area (Å²) in [6, 6.07) is 0. The van der Waals surface area contributed by atoms with Gasteiger partial charge < -0.3 is 4.90 Å². The molecule has 0 N–H and O–H groups in total. The van der Waals surface area contributed by atoms with Gasteiger partial charge in [0.05, 0.1) is 0 Å². The minimum atomic E-state index is 0.798. The van der Waals surface area contributed by atoms with E-state index < -0.39 is 0 Å². The number of hydrogen-bond donors (Lipinski definition) is 0. The average molecular weight is 246 g/mol. The van der Waals surface area contributed by atoms with Gasteiger partial charge in [-0.05, 0) is 44.7 Å². The van der Waals surface area contributed by atoms with Gasteiger partial charge in [-0.25, -0.2) is 0 Å². The van der Waals surface area contributed by atoms with E-state index in [9.17, 15) is 0 Å². The number of alkyl halides is 1. The van der Waals surface area contributed by atoms with Gasteiger partial charge in [-0.1, -0.05) is 28.8 Å². The van der Waals surface area contributed by atoms with Crippen LogP contribution >= 0.6 is 15.9 Å². The van der Waals surface area contributed by atoms with Crippen LogP contribution in [0.1, 0.15) is 38.5 Å². The molecular weight excluding hydrogens is 226 g/mol. The SMILES string of the molecule is BrC1CCN(CC2CCCC2)CC1. The van der Waals surface area contributed by atoms with E-state index in [-0.39, 0.29) is 0 Å². The van der Waals surface area contributed by atoms with Gasteiger partial charge in [0.1, 0.15) is 0 Å². The molecule has 0 bridgehead atoms. The molecule has 76 valence electrons. The molecule has 1 aliphatic heterocycles. The zero-order valence-electron chi connectivity index (χ0n) is 8.34. The molecule has 0 aromatic heterocycles. The third-order valence-electron chi connectivity index (χ3n) is 3.51. The first-order valence-corrected chi connectivity index (χ1v) is 6.62. The number of halogens is 1. The minimum absolute atomic E-state index is 0.798. The van der Waals surface area contributed by atoms with E-state index in [0.717, 1.165) is 10.7 Å². The first kappa shape index (κ1) is 9.97. The standard InChI is InChI=1S/C11H20BrN/c12-11-5-7-13(8-6-11)9-10-3-1-2-4-10/h10-11H,1-9H2. The van der Waals surface area contributed by atoms with Crippen molar-refractivity contribution in [1.82, 2.24) is 4.90 Å². The van der Waals surface area contributed by atoms with Crippen molar-refractivity contribution in [2.45, 2.75) is 43.4 Å². The third-order valence-corrected chi connectivity index (χ3v) is 4.42. The van der Waals surface area contributed by atoms with Gasteiger partial charge >= 0.3 is 0 Å². The number of rotatable bonds is 2. The van der Waals surface area contributed by atoms with Crippen LogP contribution in [0.3, 0.4) is 0 Å². The van der Waals surface area contributed by atoms with Gasteiger partial charge in [0, 0.05) is 11.4 Å². The fraction of sp³-hybridized carbons (Fsp3) is 1.00. The van der Waals surface area contributed by atoms with Gasteiger partial charge in [-0.15, -0.1) is 0 Å². The highest BCUT2D eigenvalue weighted by Crippen LogP contribution is 2.27. The monoisotopic (exact) mass is 245 g/mol. The van der Waals surface area contributed by atoms with Gasteiger partial charge in [-0.2, -0.15) is 0 Å². The zero-order chi connectivity index (χ0) is 9.10. The van der Waals surface area contributed by atoms with Crippen LogP contribution in [0.5, 0.6) is 0 Å². The Morgan fingerprint density at radius 1 is 1.00 bits per heavy atom. The van der Waals surface area contributed by atoms with Crippen molar-refractivity contribution in [2.75, 3.05) is 19.6 Å². The van der Waals surface area contributed by atoms with Crippen LogP contribution in [-0.4, -0.2) is 29.4 Å². The molecule has 0 radical (unpaired) electrons. The molecule has 13 heavy (non-hydrogen) atoms. The van der Waals surface area contributed by atoms with E-state index in [1.807, 2.05) is 0 Å². The smallest absolute Gasteiger partial charge is 0.0170 e. The molecule has 0 spiro atoms. The second-order valence-corrected chi connectivity index (χ2v) is 5.92. The highest BCUT2D eigenvalue weighted by molar-refractivity contribution is 9.09. The van der Waals surface area contributed by atoms with Crippen molar-refractivity contribution < 1.29 is 0 Å². The number of nitrogens with zero attached hydrogens (tertiary/aromatic N) is 1. The average Bonchev–Trinajstić information content (AvgIpc) is 2.62. The summed E-state index contributed by atoms with van der Waals surface area (Å²) >= 11 is 3.70. The summed E-state index contributed by atoms with van der Waals surface area (Å²) in [6.45, 7) is 4.04. The maximum Gasteiger partial charge on any atom is 0.0170 e. The first-order valence-electron chi connectivity index (χ1n) is 5.71. The van der Waals surface area contributed by atoms with Gasteiger partial charge in [0.2, 0.25) is 0 Å². The molecule has 1 saturated heterocycles. The highest BCUT2D eigenvalue weighted by atomic mass is 79.9. The molecule has 1 aliphatic carbocycles. The summed E-state index contributed by atoms with van der Waals surface area (Å²) in [5.74, 6) is 1.03. The van der Waals surface area contributed by atoms with Gasteiger partial charge in [-0.3, -0.25) is 0 Å². The lowest BCUT2D eigenvalue weighted by atomic mass is 10.1. The Morgan fingerprint density at radius 3 is 2.23 bits per heavy atom. The van der Waals surface area contributed by atoms with E-state index in [2.05, 4.69) is 20.8 Å². The van der Waals surface area contributed by atoms with Crippen LogP contribution in [0.25, 0.3) is 0 Å². The zero-order valence-corrected chi connectivity index (χ0v) is 9.93. The Morgan fingerprint density at radius 2 is 1.62 bits per heavy atom. The Hall–Kier alpha value is 0.440. The predicted octanol–water partition coefficient (Wildman–Crippen LogP) is 3.04. The highest BCUT2D eigenvalue weighted by Gasteiger charge is 2.21. The van der Waals surface area contributed by atoms with E-state index in [1.165, 1.54) is 58.2 Å². The number of likely N-dealkylation sites (tertiary alicyclic amines) is 1. The van der Waals surface area contributed by atoms with Crippen molar-refractivity contribution >= 4 is 15.9 Å². The molecule has 1 saturated carbocycles. The van der Waals surface area contributed by atoms with Crippen molar-refractivity contribution in [3.05, 3.63) is 0 Å². The fourth-order valence-corrected chi connectivity index (χ4v) is 3.05. The van der Waals surface area contributed by atoms with Crippen molar-refractivity contribution in [2.24, 2.45) is 5.92 Å². The van der Waals surface area contributed by atoms with Gasteiger partial charge in [0.15, 0.2) is 0 Å². The quantitative estimate of drug-likeness (QED) is 0.677. The molecule has 0 amide bonds. The second kappa shape index (κ2) is 4.79. The summed E-state index contributed by atoms with van der Waals surface area (Å²) in [7, 11) is 0. The van der Waals surface area contributed by atoms with Crippen LogP contribution in [0, 0.1) is 5.92 Å². The van der Waals surface area contributed by atoms with Crippen LogP contribution in [0.4, 0.5) is 0 Å². The lowest BCUT2D eigenvalue weighted by Gasteiger charge is -2.31. The van der Waals surface area contributed by atoms with Crippen molar-refractivity contribution in [1.29, 1.82) is 0 Å². The van der Waals surface area contributed by atoms with Crippen molar-refractivity contribution in [3.8, 4) is 0 Å². The minimum Gasteiger partial charge on any atom is -0.303 e. The lowest BCUT2D eigenvalue weighted by molar-refractivity contribution is 0.201. The van der Waals surface area contributed by atoms with E-state index in [1.54, 1.807) is 0 Å². The molecule has 2 fully saturated rings.